The van der Waals surface area contributed by atoms with Crippen LogP contribution in [0.25, 0.3) is 0 Å². The number of aliphatic hydroxyl groups excluding tert-OH is 1. The van der Waals surface area contributed by atoms with Gasteiger partial charge >= 0.3 is 0 Å². The van der Waals surface area contributed by atoms with Crippen molar-refractivity contribution in [3.8, 4) is 0 Å². The first kappa shape index (κ1) is 10.8. The van der Waals surface area contributed by atoms with Gasteiger partial charge in [-0.15, -0.1) is 0 Å². The van der Waals surface area contributed by atoms with Gasteiger partial charge in [0.25, 0.3) is 11.8 Å². The van der Waals surface area contributed by atoms with Gasteiger partial charge in [0.2, 0.25) is 5.12 Å². The number of hydrogen-bond acceptors (Lipinski definition) is 5. The summed E-state index contributed by atoms with van der Waals surface area (Å²) < 4.78 is 0. The quantitative estimate of drug-likeness (QED) is 0.566. The lowest BCUT2D eigenvalue weighted by atomic mass is 10.1. The predicted octanol–water partition coefficient (Wildman–Crippen LogP) is 0.181. The molecule has 0 saturated carbocycles. The van der Waals surface area contributed by atoms with E-state index in [0.29, 0.717) is 4.90 Å². The van der Waals surface area contributed by atoms with Gasteiger partial charge < -0.3 is 5.11 Å². The van der Waals surface area contributed by atoms with Crippen LogP contribution >= 0.6 is 11.8 Å². The van der Waals surface area contributed by atoms with Crippen molar-refractivity contribution in [2.75, 3.05) is 6.61 Å². The minimum atomic E-state index is -0.607. The van der Waals surface area contributed by atoms with Crippen LogP contribution in [0.4, 0.5) is 0 Å². The smallest absolute Gasteiger partial charge is 0.260 e. The van der Waals surface area contributed by atoms with Crippen LogP contribution in [0.15, 0.2) is 23.1 Å². The van der Waals surface area contributed by atoms with Gasteiger partial charge in [-0.1, -0.05) is 6.07 Å². The van der Waals surface area contributed by atoms with E-state index in [1.54, 1.807) is 12.1 Å². The Morgan fingerprint density at radius 3 is 2.75 bits per heavy atom. The lowest BCUT2D eigenvalue weighted by Crippen LogP contribution is -2.20. The fourth-order valence-electron chi connectivity index (χ4n) is 1.43. The van der Waals surface area contributed by atoms with E-state index in [2.05, 4.69) is 5.32 Å². The van der Waals surface area contributed by atoms with Crippen molar-refractivity contribution in [3.05, 3.63) is 29.3 Å². The molecule has 0 spiro atoms. The van der Waals surface area contributed by atoms with Crippen molar-refractivity contribution in [2.24, 2.45) is 0 Å². The van der Waals surface area contributed by atoms with Gasteiger partial charge in [0, 0.05) is 4.90 Å². The molecule has 1 aromatic carbocycles. The molecule has 16 heavy (non-hydrogen) atoms. The number of rotatable bonds is 2. The number of thioether (sulfide) groups is 1. The average Bonchev–Trinajstić information content (AvgIpc) is 2.56. The molecule has 1 aromatic rings. The van der Waals surface area contributed by atoms with Crippen molar-refractivity contribution in [3.63, 3.8) is 0 Å². The second-order valence-corrected chi connectivity index (χ2v) is 4.19. The zero-order valence-electron chi connectivity index (χ0n) is 8.02. The molecule has 5 nitrogen and oxygen atoms in total. The highest BCUT2D eigenvalue weighted by atomic mass is 32.2. The Labute approximate surface area is 94.8 Å². The zero-order valence-corrected chi connectivity index (χ0v) is 8.84. The summed E-state index contributed by atoms with van der Waals surface area (Å²) in [5.74, 6) is -0.965. The highest BCUT2D eigenvalue weighted by molar-refractivity contribution is 8.13. The highest BCUT2D eigenvalue weighted by Gasteiger charge is 2.29. The monoisotopic (exact) mass is 237 g/mol. The maximum absolute atomic E-state index is 11.4. The average molecular weight is 237 g/mol. The molecule has 6 heteroatoms. The summed E-state index contributed by atoms with van der Waals surface area (Å²) in [5, 5.41) is 10.3. The van der Waals surface area contributed by atoms with Gasteiger partial charge in [-0.05, 0) is 23.9 Å². The third kappa shape index (κ3) is 1.72. The van der Waals surface area contributed by atoms with Gasteiger partial charge in [-0.3, -0.25) is 19.7 Å². The van der Waals surface area contributed by atoms with E-state index in [0.717, 1.165) is 11.8 Å². The molecule has 0 fully saturated rings. The van der Waals surface area contributed by atoms with Crippen molar-refractivity contribution in [2.45, 2.75) is 4.90 Å². The lowest BCUT2D eigenvalue weighted by molar-refractivity contribution is -0.113. The second-order valence-electron chi connectivity index (χ2n) is 3.09. The molecule has 2 N–H and O–H groups in total. The Kier molecular flexibility index (Phi) is 2.76. The molecule has 0 aromatic heterocycles. The topological polar surface area (TPSA) is 83.5 Å². The molecule has 0 atom stereocenters. The third-order valence-corrected chi connectivity index (χ3v) is 2.99. The van der Waals surface area contributed by atoms with Gasteiger partial charge in [0.15, 0.2) is 0 Å². The summed E-state index contributed by atoms with van der Waals surface area (Å²) in [7, 11) is 0. The molecule has 2 rings (SSSR count). The van der Waals surface area contributed by atoms with Crippen LogP contribution in [0.5, 0.6) is 0 Å². The molecule has 0 bridgehead atoms. The van der Waals surface area contributed by atoms with E-state index in [-0.39, 0.29) is 11.1 Å². The first-order chi connectivity index (χ1) is 7.63. The van der Waals surface area contributed by atoms with E-state index in [9.17, 15) is 14.4 Å². The SMILES string of the molecule is O=C(CO)Sc1cccc2c1C(=O)NC2=O. The van der Waals surface area contributed by atoms with E-state index < -0.39 is 23.5 Å². The molecule has 0 aliphatic carbocycles. The number of carbonyl (C=O) groups excluding carboxylic acids is 3. The van der Waals surface area contributed by atoms with E-state index in [1.165, 1.54) is 6.07 Å². The van der Waals surface area contributed by atoms with Crippen molar-refractivity contribution < 1.29 is 19.5 Å². The van der Waals surface area contributed by atoms with Crippen LogP contribution in [0.1, 0.15) is 20.7 Å². The predicted molar refractivity (Wildman–Crippen MR) is 56.2 cm³/mol. The molecule has 1 heterocycles. The summed E-state index contributed by atoms with van der Waals surface area (Å²) in [6.45, 7) is -0.607. The van der Waals surface area contributed by atoms with E-state index in [4.69, 9.17) is 5.11 Å². The maximum Gasteiger partial charge on any atom is 0.260 e. The summed E-state index contributed by atoms with van der Waals surface area (Å²) in [4.78, 5) is 34.2. The number of benzene rings is 1. The molecular formula is C10H7NO4S. The second kappa shape index (κ2) is 4.07. The first-order valence-electron chi connectivity index (χ1n) is 4.43. The van der Waals surface area contributed by atoms with Crippen molar-refractivity contribution in [1.29, 1.82) is 0 Å². The maximum atomic E-state index is 11.4. The molecule has 0 saturated heterocycles. The van der Waals surface area contributed by atoms with Crippen molar-refractivity contribution in [1.82, 2.24) is 5.32 Å². The van der Waals surface area contributed by atoms with Gasteiger partial charge in [0.1, 0.15) is 6.61 Å². The molecule has 0 unspecified atom stereocenters. The summed E-state index contributed by atoms with van der Waals surface area (Å²) in [6.07, 6.45) is 0. The number of fused-ring (bicyclic) bond motifs is 1. The number of nitrogens with one attached hydrogen (secondary N) is 1. The molecular weight excluding hydrogens is 230 g/mol. The standard InChI is InChI=1S/C10H7NO4S/c12-4-7(13)16-6-3-1-2-5-8(6)10(15)11-9(5)14/h1-3,12H,4H2,(H,11,14,15). The Hall–Kier alpha value is -1.66. The van der Waals surface area contributed by atoms with Gasteiger partial charge in [-0.25, -0.2) is 0 Å². The molecule has 82 valence electrons. The number of aliphatic hydroxyl groups is 1. The highest BCUT2D eigenvalue weighted by Crippen LogP contribution is 2.28. The largest absolute Gasteiger partial charge is 0.388 e. The van der Waals surface area contributed by atoms with Gasteiger partial charge in [-0.2, -0.15) is 0 Å². The van der Waals surface area contributed by atoms with Gasteiger partial charge in [0.05, 0.1) is 11.1 Å². The number of hydrogen-bond donors (Lipinski definition) is 2. The lowest BCUT2D eigenvalue weighted by Gasteiger charge is -2.02. The number of imide groups is 1. The minimum absolute atomic E-state index is 0.208. The van der Waals surface area contributed by atoms with Crippen LogP contribution in [0.3, 0.4) is 0 Å². The number of amides is 2. The van der Waals surface area contributed by atoms with Crippen LogP contribution < -0.4 is 5.32 Å². The molecule has 0 radical (unpaired) electrons. The zero-order chi connectivity index (χ0) is 11.7. The first-order valence-corrected chi connectivity index (χ1v) is 5.25. The normalized spacial score (nSPS) is 13.6. The fourth-order valence-corrected chi connectivity index (χ4v) is 2.19. The third-order valence-electron chi connectivity index (χ3n) is 2.08. The molecule has 2 amide bonds. The molecule has 1 aliphatic heterocycles. The Morgan fingerprint density at radius 1 is 1.31 bits per heavy atom. The van der Waals surface area contributed by atoms with Crippen molar-refractivity contribution >= 4 is 28.7 Å². The summed E-state index contributed by atoms with van der Waals surface area (Å²) >= 11 is 0.753. The minimum Gasteiger partial charge on any atom is -0.388 e. The Morgan fingerprint density at radius 2 is 2.06 bits per heavy atom. The van der Waals surface area contributed by atoms with Crippen LogP contribution in [-0.4, -0.2) is 28.6 Å². The summed E-state index contributed by atoms with van der Waals surface area (Å²) in [6, 6.07) is 4.67. The Bertz CT molecular complexity index is 498. The Balaban J connectivity index is 2.45. The number of carbonyl (C=O) groups is 3. The van der Waals surface area contributed by atoms with E-state index >= 15 is 0 Å². The summed E-state index contributed by atoms with van der Waals surface area (Å²) in [5.41, 5.74) is 0.472. The van der Waals surface area contributed by atoms with E-state index in [1.807, 2.05) is 0 Å². The fraction of sp³-hybridized carbons (Fsp3) is 0.100. The van der Waals surface area contributed by atoms with Crippen LogP contribution in [-0.2, 0) is 4.79 Å². The van der Waals surface area contributed by atoms with Crippen LogP contribution in [0, 0.1) is 0 Å². The molecule has 1 aliphatic rings. The van der Waals surface area contributed by atoms with Crippen LogP contribution in [0.2, 0.25) is 0 Å².